The molecule has 0 saturated heterocycles. The highest BCUT2D eigenvalue weighted by molar-refractivity contribution is 7.86. The summed E-state index contributed by atoms with van der Waals surface area (Å²) in [4.78, 5) is 11.7. The van der Waals surface area contributed by atoms with Crippen molar-refractivity contribution in [2.75, 3.05) is 5.75 Å². The molecule has 0 aromatic rings. The van der Waals surface area contributed by atoms with Crippen LogP contribution in [0.2, 0.25) is 0 Å². The van der Waals surface area contributed by atoms with E-state index in [1.165, 1.54) is 0 Å². The number of carbonyl (C=O) groups is 1. The van der Waals surface area contributed by atoms with Crippen LogP contribution in [0.15, 0.2) is 0 Å². The van der Waals surface area contributed by atoms with Gasteiger partial charge in [-0.2, -0.15) is 8.42 Å². The highest BCUT2D eigenvalue weighted by Crippen LogP contribution is 2.29. The van der Waals surface area contributed by atoms with E-state index in [9.17, 15) is 17.1 Å². The van der Waals surface area contributed by atoms with E-state index in [4.69, 9.17) is 4.74 Å². The lowest BCUT2D eigenvalue weighted by atomic mass is 9.99. The Kier molecular flexibility index (Phi) is 5.79. The number of halogens is 1. The van der Waals surface area contributed by atoms with Gasteiger partial charge in [0.05, 0.1) is 0 Å². The van der Waals surface area contributed by atoms with Gasteiger partial charge in [0.1, 0.15) is 11.4 Å². The first-order chi connectivity index (χ1) is 9.05. The van der Waals surface area contributed by atoms with Crippen molar-refractivity contribution in [2.45, 2.75) is 64.5 Å². The maximum absolute atomic E-state index is 12.9. The molecule has 1 saturated carbocycles. The third-order valence-electron chi connectivity index (χ3n) is 3.21. The van der Waals surface area contributed by atoms with Gasteiger partial charge in [-0.25, -0.2) is 4.79 Å². The maximum Gasteiger partial charge on any atom is 0.407 e. The minimum atomic E-state index is -4.62. The van der Waals surface area contributed by atoms with Gasteiger partial charge in [-0.3, -0.25) is 0 Å². The Morgan fingerprint density at radius 3 is 2.35 bits per heavy atom. The Labute approximate surface area is 120 Å². The van der Waals surface area contributed by atoms with Gasteiger partial charge in [-0.1, -0.05) is 25.7 Å². The summed E-state index contributed by atoms with van der Waals surface area (Å²) in [5.74, 6) is -0.348. The molecule has 0 heterocycles. The molecule has 20 heavy (non-hydrogen) atoms. The van der Waals surface area contributed by atoms with Crippen LogP contribution in [-0.2, 0) is 15.0 Å². The van der Waals surface area contributed by atoms with Gasteiger partial charge >= 0.3 is 16.3 Å². The van der Waals surface area contributed by atoms with Gasteiger partial charge in [0.2, 0.25) is 0 Å². The first-order valence-electron chi connectivity index (χ1n) is 6.97. The third kappa shape index (κ3) is 7.67. The van der Waals surface area contributed by atoms with Crippen LogP contribution in [0.1, 0.15) is 52.9 Å². The molecule has 1 aliphatic rings. The number of ether oxygens (including phenoxy) is 1. The molecule has 1 N–H and O–H groups in total. The first-order valence-corrected chi connectivity index (χ1v) is 8.52. The van der Waals surface area contributed by atoms with E-state index < -0.39 is 33.7 Å². The molecule has 0 aromatic heterocycles. The van der Waals surface area contributed by atoms with Gasteiger partial charge in [-0.05, 0) is 33.1 Å². The Morgan fingerprint density at radius 1 is 1.35 bits per heavy atom. The predicted molar refractivity (Wildman–Crippen MR) is 74.6 cm³/mol. The summed E-state index contributed by atoms with van der Waals surface area (Å²) in [5, 5.41) is 2.48. The highest BCUT2D eigenvalue weighted by atomic mass is 32.3. The van der Waals surface area contributed by atoms with Gasteiger partial charge < -0.3 is 10.1 Å². The lowest BCUT2D eigenvalue weighted by Crippen LogP contribution is -2.43. The normalized spacial score (nSPS) is 18.8. The molecule has 1 fully saturated rings. The molecule has 5 nitrogen and oxygen atoms in total. The van der Waals surface area contributed by atoms with Crippen LogP contribution in [0.4, 0.5) is 8.68 Å². The van der Waals surface area contributed by atoms with E-state index in [1.54, 1.807) is 20.8 Å². The van der Waals surface area contributed by atoms with Crippen molar-refractivity contribution in [2.24, 2.45) is 5.92 Å². The zero-order valence-electron chi connectivity index (χ0n) is 12.3. The summed E-state index contributed by atoms with van der Waals surface area (Å²) < 4.78 is 39.6. The zero-order chi connectivity index (χ0) is 15.4. The van der Waals surface area contributed by atoms with Crippen LogP contribution >= 0.6 is 0 Å². The fourth-order valence-corrected chi connectivity index (χ4v) is 3.23. The van der Waals surface area contributed by atoms with Crippen molar-refractivity contribution in [1.29, 1.82) is 0 Å². The number of hydrogen-bond acceptors (Lipinski definition) is 4. The van der Waals surface area contributed by atoms with Crippen LogP contribution in [0.25, 0.3) is 0 Å². The van der Waals surface area contributed by atoms with Crippen molar-refractivity contribution in [3.05, 3.63) is 0 Å². The second-order valence-electron chi connectivity index (χ2n) is 6.43. The molecule has 0 aliphatic heterocycles. The SMILES string of the molecule is CC(C)(C)OC(=O)NC(CC1CCCC1)CS(=O)(=O)F. The number of nitrogens with one attached hydrogen (secondary N) is 1. The van der Waals surface area contributed by atoms with Crippen LogP contribution in [0, 0.1) is 5.92 Å². The molecule has 0 bridgehead atoms. The average molecular weight is 309 g/mol. The number of rotatable bonds is 5. The summed E-state index contributed by atoms with van der Waals surface area (Å²) in [6.07, 6.45) is 3.97. The molecule has 1 unspecified atom stereocenters. The highest BCUT2D eigenvalue weighted by Gasteiger charge is 2.27. The van der Waals surface area contributed by atoms with Crippen LogP contribution < -0.4 is 5.32 Å². The minimum absolute atomic E-state index is 0.344. The van der Waals surface area contributed by atoms with E-state index in [0.717, 1.165) is 25.7 Å². The van der Waals surface area contributed by atoms with Gasteiger partial charge in [0.25, 0.3) is 0 Å². The molecular weight excluding hydrogens is 285 g/mol. The number of alkyl carbamates (subject to hydrolysis) is 1. The van der Waals surface area contributed by atoms with Crippen LogP contribution in [0.3, 0.4) is 0 Å². The van der Waals surface area contributed by atoms with Crippen molar-refractivity contribution in [3.63, 3.8) is 0 Å². The monoisotopic (exact) mass is 309 g/mol. The van der Waals surface area contributed by atoms with Crippen molar-refractivity contribution >= 4 is 16.3 Å². The Bertz CT molecular complexity index is 424. The van der Waals surface area contributed by atoms with Crippen molar-refractivity contribution < 1.29 is 21.8 Å². The topological polar surface area (TPSA) is 72.5 Å². The fraction of sp³-hybridized carbons (Fsp3) is 0.923. The molecule has 7 heteroatoms. The lowest BCUT2D eigenvalue weighted by Gasteiger charge is -2.24. The second-order valence-corrected chi connectivity index (χ2v) is 7.85. The van der Waals surface area contributed by atoms with Gasteiger partial charge in [0.15, 0.2) is 0 Å². The third-order valence-corrected chi connectivity index (χ3v) is 4.01. The van der Waals surface area contributed by atoms with E-state index in [0.29, 0.717) is 12.3 Å². The predicted octanol–water partition coefficient (Wildman–Crippen LogP) is 2.76. The fourth-order valence-electron chi connectivity index (χ4n) is 2.53. The lowest BCUT2D eigenvalue weighted by molar-refractivity contribution is 0.0503. The van der Waals surface area contributed by atoms with Gasteiger partial charge in [0, 0.05) is 6.04 Å². The zero-order valence-corrected chi connectivity index (χ0v) is 13.1. The molecule has 0 spiro atoms. The van der Waals surface area contributed by atoms with E-state index >= 15 is 0 Å². The Morgan fingerprint density at radius 2 is 1.90 bits per heavy atom. The maximum atomic E-state index is 12.9. The number of hydrogen-bond donors (Lipinski definition) is 1. The minimum Gasteiger partial charge on any atom is -0.444 e. The van der Waals surface area contributed by atoms with Gasteiger partial charge in [-0.15, -0.1) is 3.89 Å². The molecule has 118 valence electrons. The molecule has 1 aliphatic carbocycles. The van der Waals surface area contributed by atoms with E-state index in [-0.39, 0.29) is 0 Å². The Balaban J connectivity index is 2.59. The van der Waals surface area contributed by atoms with E-state index in [1.807, 2.05) is 0 Å². The quantitative estimate of drug-likeness (QED) is 0.793. The number of amides is 1. The molecule has 1 rings (SSSR count). The van der Waals surface area contributed by atoms with Crippen molar-refractivity contribution in [3.8, 4) is 0 Å². The smallest absolute Gasteiger partial charge is 0.407 e. The number of carbonyl (C=O) groups excluding carboxylic acids is 1. The summed E-state index contributed by atoms with van der Waals surface area (Å²) in [7, 11) is -4.62. The van der Waals surface area contributed by atoms with Crippen LogP contribution in [-0.4, -0.2) is 31.9 Å². The Hall–Kier alpha value is -0.850. The first kappa shape index (κ1) is 17.2. The van der Waals surface area contributed by atoms with E-state index in [2.05, 4.69) is 5.32 Å². The summed E-state index contributed by atoms with van der Waals surface area (Å²) in [6, 6.07) is -0.733. The molecule has 0 aromatic carbocycles. The molecule has 1 atom stereocenters. The largest absolute Gasteiger partial charge is 0.444 e. The summed E-state index contributed by atoms with van der Waals surface area (Å²) in [5.41, 5.74) is -0.670. The molecule has 0 radical (unpaired) electrons. The molecular formula is C13H24FNO4S. The average Bonchev–Trinajstić information content (AvgIpc) is 2.63. The second kappa shape index (κ2) is 6.74. The van der Waals surface area contributed by atoms with Crippen LogP contribution in [0.5, 0.6) is 0 Å². The standard InChI is InChI=1S/C13H24FNO4S/c1-13(2,3)19-12(16)15-11(9-20(14,17)18)8-10-6-4-5-7-10/h10-11H,4-9H2,1-3H3,(H,15,16). The summed E-state index contributed by atoms with van der Waals surface area (Å²) in [6.45, 7) is 5.14. The van der Waals surface area contributed by atoms with Crippen molar-refractivity contribution in [1.82, 2.24) is 5.32 Å². The molecule has 1 amide bonds. The summed E-state index contributed by atoms with van der Waals surface area (Å²) >= 11 is 0.